The number of nitrogens with zero attached hydrogens (tertiary/aromatic N) is 3. The van der Waals surface area contributed by atoms with E-state index in [0.29, 0.717) is 16.6 Å². The van der Waals surface area contributed by atoms with E-state index in [2.05, 4.69) is 15.4 Å². The van der Waals surface area contributed by atoms with E-state index in [1.165, 1.54) is 10.7 Å². The quantitative estimate of drug-likeness (QED) is 0.736. The van der Waals surface area contributed by atoms with Crippen molar-refractivity contribution in [3.8, 4) is 0 Å². The predicted molar refractivity (Wildman–Crippen MR) is 89.9 cm³/mol. The van der Waals surface area contributed by atoms with E-state index in [-0.39, 0.29) is 5.82 Å². The van der Waals surface area contributed by atoms with Crippen LogP contribution >= 0.6 is 23.2 Å². The molecule has 0 aliphatic carbocycles. The zero-order valence-corrected chi connectivity index (χ0v) is 14.0. The number of carbonyl (C=O) groups excluding carboxylic acids is 1. The van der Waals surface area contributed by atoms with Gasteiger partial charge in [0, 0.05) is 22.3 Å². The molecule has 3 aromatic rings. The molecular formula is C16H10Cl2F2N4O. The molecule has 0 atom stereocenters. The molecule has 0 fully saturated rings. The summed E-state index contributed by atoms with van der Waals surface area (Å²) < 4.78 is 28.6. The van der Waals surface area contributed by atoms with E-state index in [1.807, 2.05) is 0 Å². The minimum atomic E-state index is -1.05. The molecule has 128 valence electrons. The lowest BCUT2D eigenvalue weighted by Gasteiger charge is -2.06. The molecule has 1 N–H and O–H groups in total. The first-order valence-electron chi connectivity index (χ1n) is 7.02. The van der Waals surface area contributed by atoms with Gasteiger partial charge >= 0.3 is 0 Å². The third-order valence-corrected chi connectivity index (χ3v) is 3.90. The van der Waals surface area contributed by atoms with Crippen molar-refractivity contribution in [1.29, 1.82) is 0 Å². The van der Waals surface area contributed by atoms with E-state index >= 15 is 0 Å². The average Bonchev–Trinajstić information content (AvgIpc) is 2.97. The van der Waals surface area contributed by atoms with Crippen molar-refractivity contribution in [3.63, 3.8) is 0 Å². The number of benzene rings is 1. The Morgan fingerprint density at radius 3 is 2.56 bits per heavy atom. The zero-order chi connectivity index (χ0) is 18.0. The van der Waals surface area contributed by atoms with E-state index in [9.17, 15) is 13.6 Å². The molecule has 1 amide bonds. The van der Waals surface area contributed by atoms with Crippen LogP contribution < -0.4 is 5.32 Å². The molecule has 0 aliphatic rings. The number of amides is 1. The lowest BCUT2D eigenvalue weighted by molar-refractivity contribution is 0.101. The predicted octanol–water partition coefficient (Wildman–Crippen LogP) is 4.16. The second-order valence-electron chi connectivity index (χ2n) is 5.07. The smallest absolute Gasteiger partial charge is 0.262 e. The van der Waals surface area contributed by atoms with Crippen LogP contribution in [0.15, 0.2) is 42.9 Å². The van der Waals surface area contributed by atoms with E-state index in [0.717, 1.165) is 18.0 Å². The van der Waals surface area contributed by atoms with E-state index in [4.69, 9.17) is 23.2 Å². The highest BCUT2D eigenvalue weighted by Crippen LogP contribution is 2.22. The summed E-state index contributed by atoms with van der Waals surface area (Å²) >= 11 is 11.9. The molecule has 2 aromatic heterocycles. The first-order chi connectivity index (χ1) is 11.9. The second-order valence-corrected chi connectivity index (χ2v) is 5.91. The molecule has 0 saturated heterocycles. The summed E-state index contributed by atoms with van der Waals surface area (Å²) in [6, 6.07) is 6.56. The van der Waals surface area contributed by atoms with Crippen LogP contribution in [0.2, 0.25) is 10.0 Å². The summed E-state index contributed by atoms with van der Waals surface area (Å²) in [7, 11) is 0. The van der Waals surface area contributed by atoms with Crippen LogP contribution in [-0.2, 0) is 6.54 Å². The van der Waals surface area contributed by atoms with Crippen molar-refractivity contribution in [2.24, 2.45) is 0 Å². The van der Waals surface area contributed by atoms with Gasteiger partial charge < -0.3 is 5.32 Å². The first kappa shape index (κ1) is 17.3. The Hall–Kier alpha value is -2.51. The number of nitrogens with one attached hydrogen (secondary N) is 1. The Labute approximate surface area is 151 Å². The van der Waals surface area contributed by atoms with Crippen molar-refractivity contribution in [3.05, 3.63) is 75.7 Å². The summed E-state index contributed by atoms with van der Waals surface area (Å²) in [6.45, 7) is 0.337. The number of aromatic nitrogens is 3. The highest BCUT2D eigenvalue weighted by Gasteiger charge is 2.18. The molecule has 0 radical (unpaired) electrons. The summed E-state index contributed by atoms with van der Waals surface area (Å²) in [4.78, 5) is 15.3. The Bertz CT molecular complexity index is 925. The van der Waals surface area contributed by atoms with E-state index in [1.54, 1.807) is 24.4 Å². The second kappa shape index (κ2) is 7.16. The standard InChI is InChI=1S/C16H10Cl2F2N4O/c17-10-2-1-9(11(18)5-10)8-24-4-3-14(23-24)22-16(25)15-12(19)6-21-7-13(15)20/h1-7H,8H2,(H,22,23,25). The number of rotatable bonds is 4. The Balaban J connectivity index is 1.74. The molecule has 0 spiro atoms. The van der Waals surface area contributed by atoms with Crippen LogP contribution in [0.25, 0.3) is 0 Å². The molecule has 25 heavy (non-hydrogen) atoms. The van der Waals surface area contributed by atoms with Crippen LogP contribution in [-0.4, -0.2) is 20.7 Å². The summed E-state index contributed by atoms with van der Waals surface area (Å²) in [5, 5.41) is 7.46. The lowest BCUT2D eigenvalue weighted by atomic mass is 10.2. The van der Waals surface area contributed by atoms with Gasteiger partial charge in [-0.25, -0.2) is 8.78 Å². The molecule has 0 unspecified atom stereocenters. The molecule has 0 saturated carbocycles. The van der Waals surface area contributed by atoms with Gasteiger partial charge in [0.15, 0.2) is 17.5 Å². The molecular weight excluding hydrogens is 373 g/mol. The summed E-state index contributed by atoms with van der Waals surface area (Å²) in [6.07, 6.45) is 3.12. The normalized spacial score (nSPS) is 10.7. The molecule has 9 heteroatoms. The maximum Gasteiger partial charge on any atom is 0.262 e. The largest absolute Gasteiger partial charge is 0.305 e. The van der Waals surface area contributed by atoms with Crippen LogP contribution in [0.3, 0.4) is 0 Å². The van der Waals surface area contributed by atoms with Gasteiger partial charge in [-0.15, -0.1) is 0 Å². The molecule has 5 nitrogen and oxygen atoms in total. The Kier molecular flexibility index (Phi) is 4.96. The van der Waals surface area contributed by atoms with Crippen molar-refractivity contribution >= 4 is 34.9 Å². The summed E-state index contributed by atoms with van der Waals surface area (Å²) in [5.74, 6) is -2.91. The van der Waals surface area contributed by atoms with Crippen molar-refractivity contribution < 1.29 is 13.6 Å². The molecule has 0 aliphatic heterocycles. The minimum absolute atomic E-state index is 0.144. The topological polar surface area (TPSA) is 59.8 Å². The van der Waals surface area contributed by atoms with Gasteiger partial charge in [0.1, 0.15) is 5.56 Å². The van der Waals surface area contributed by atoms with Gasteiger partial charge in [0.05, 0.1) is 18.9 Å². The average molecular weight is 383 g/mol. The molecule has 2 heterocycles. The fourth-order valence-electron chi connectivity index (χ4n) is 2.15. The SMILES string of the molecule is O=C(Nc1ccn(Cc2ccc(Cl)cc2Cl)n1)c1c(F)cncc1F. The van der Waals surface area contributed by atoms with Gasteiger partial charge in [-0.2, -0.15) is 5.10 Å². The lowest BCUT2D eigenvalue weighted by Crippen LogP contribution is -2.16. The maximum absolute atomic E-state index is 13.6. The number of halogens is 4. The monoisotopic (exact) mass is 382 g/mol. The van der Waals surface area contributed by atoms with Crippen LogP contribution in [0, 0.1) is 11.6 Å². The fraction of sp³-hybridized carbons (Fsp3) is 0.0625. The fourth-order valence-corrected chi connectivity index (χ4v) is 2.62. The van der Waals surface area contributed by atoms with Crippen LogP contribution in [0.5, 0.6) is 0 Å². The van der Waals surface area contributed by atoms with E-state index < -0.39 is 23.1 Å². The Morgan fingerprint density at radius 1 is 1.16 bits per heavy atom. The van der Waals surface area contributed by atoms with Crippen LogP contribution in [0.1, 0.15) is 15.9 Å². The van der Waals surface area contributed by atoms with Crippen molar-refractivity contribution in [2.45, 2.75) is 6.54 Å². The van der Waals surface area contributed by atoms with Crippen LogP contribution in [0.4, 0.5) is 14.6 Å². The van der Waals surface area contributed by atoms with Crippen molar-refractivity contribution in [2.75, 3.05) is 5.32 Å². The Morgan fingerprint density at radius 2 is 1.88 bits per heavy atom. The number of pyridine rings is 1. The zero-order valence-electron chi connectivity index (χ0n) is 12.5. The number of carbonyl (C=O) groups is 1. The molecule has 3 rings (SSSR count). The van der Waals surface area contributed by atoms with Gasteiger partial charge in [0.25, 0.3) is 5.91 Å². The van der Waals surface area contributed by atoms with Gasteiger partial charge in [-0.1, -0.05) is 29.3 Å². The molecule has 1 aromatic carbocycles. The first-order valence-corrected chi connectivity index (χ1v) is 7.77. The van der Waals surface area contributed by atoms with Crippen molar-refractivity contribution in [1.82, 2.24) is 14.8 Å². The third-order valence-electron chi connectivity index (χ3n) is 3.31. The highest BCUT2D eigenvalue weighted by molar-refractivity contribution is 6.35. The minimum Gasteiger partial charge on any atom is -0.305 e. The van der Waals surface area contributed by atoms with Gasteiger partial charge in [-0.3, -0.25) is 14.5 Å². The molecule has 0 bridgehead atoms. The summed E-state index contributed by atoms with van der Waals surface area (Å²) in [5.41, 5.74) is 0.0589. The van der Waals surface area contributed by atoms with Gasteiger partial charge in [0.2, 0.25) is 0 Å². The number of hydrogen-bond acceptors (Lipinski definition) is 3. The maximum atomic E-state index is 13.6. The highest BCUT2D eigenvalue weighted by atomic mass is 35.5. The number of anilines is 1. The van der Waals surface area contributed by atoms with Gasteiger partial charge in [-0.05, 0) is 17.7 Å². The third kappa shape index (κ3) is 3.94. The number of hydrogen-bond donors (Lipinski definition) is 1.